The van der Waals surface area contributed by atoms with Crippen LogP contribution in [0.3, 0.4) is 0 Å². The lowest BCUT2D eigenvalue weighted by Crippen LogP contribution is -2.21. The Kier molecular flexibility index (Phi) is 13.2. The molecule has 0 spiro atoms. The van der Waals surface area contributed by atoms with Gasteiger partial charge in [0.25, 0.3) is 0 Å². The van der Waals surface area contributed by atoms with Gasteiger partial charge in [-0.25, -0.2) is 0 Å². The maximum atomic E-state index is 2.55. The molecule has 1 fully saturated rings. The van der Waals surface area contributed by atoms with E-state index in [2.05, 4.69) is 56.3 Å². The van der Waals surface area contributed by atoms with Crippen LogP contribution in [0.4, 0.5) is 0 Å². The Hall–Kier alpha value is -1.30. The molecule has 0 saturated heterocycles. The molecule has 0 N–H and O–H groups in total. The number of unbranched alkanes of at least 4 members (excludes halogenated alkanes) is 10. The van der Waals surface area contributed by atoms with Crippen LogP contribution in [-0.2, 0) is 6.42 Å². The minimum atomic E-state index is 0.783. The molecule has 1 saturated carbocycles. The zero-order valence-corrected chi connectivity index (χ0v) is 22.7. The molecule has 0 amide bonds. The van der Waals surface area contributed by atoms with Crippen LogP contribution in [0, 0.1) is 17.8 Å². The number of hydrogen-bond acceptors (Lipinski definition) is 0. The number of rotatable bonds is 16. The molecule has 1 unspecified atom stereocenters. The van der Waals surface area contributed by atoms with Crippen molar-refractivity contribution in [1.82, 2.24) is 0 Å². The molecular formula is C34H54. The molecular weight excluding hydrogens is 408 g/mol. The molecule has 190 valence electrons. The van der Waals surface area contributed by atoms with Crippen LogP contribution in [-0.4, -0.2) is 0 Å². The summed E-state index contributed by atoms with van der Waals surface area (Å²) >= 11 is 0. The van der Waals surface area contributed by atoms with Crippen molar-refractivity contribution in [2.75, 3.05) is 0 Å². The normalized spacial score (nSPS) is 22.6. The summed E-state index contributed by atoms with van der Waals surface area (Å²) in [5.74, 6) is 2.73. The van der Waals surface area contributed by atoms with Gasteiger partial charge in [0.05, 0.1) is 0 Å². The van der Waals surface area contributed by atoms with E-state index in [9.17, 15) is 0 Å². The standard InChI is InChI=1S/C34H54/c1-3-5-7-9-10-11-12-14-16-30-19-23-32(24-20-30)34-27-25-33(26-28-34)31-21-17-29(18-22-31)15-13-8-6-4-2/h19-20,23-25,27-29,31,33H,3-18,21-22,26H2,1-2H3. The van der Waals surface area contributed by atoms with Gasteiger partial charge in [-0.3, -0.25) is 0 Å². The van der Waals surface area contributed by atoms with Crippen LogP contribution in [0.5, 0.6) is 0 Å². The van der Waals surface area contributed by atoms with E-state index in [0.717, 1.165) is 17.8 Å². The van der Waals surface area contributed by atoms with E-state index in [1.807, 2.05) is 0 Å². The Morgan fingerprint density at radius 3 is 1.91 bits per heavy atom. The first-order valence-electron chi connectivity index (χ1n) is 15.3. The van der Waals surface area contributed by atoms with Crippen LogP contribution in [0.15, 0.2) is 42.5 Å². The summed E-state index contributed by atoms with van der Waals surface area (Å²) in [5.41, 5.74) is 4.36. The summed E-state index contributed by atoms with van der Waals surface area (Å²) < 4.78 is 0. The van der Waals surface area contributed by atoms with Crippen molar-refractivity contribution in [3.8, 4) is 0 Å². The molecule has 0 aliphatic heterocycles. The first-order valence-corrected chi connectivity index (χ1v) is 15.3. The molecule has 0 heteroatoms. The summed E-state index contributed by atoms with van der Waals surface area (Å²) in [6.45, 7) is 4.61. The van der Waals surface area contributed by atoms with E-state index >= 15 is 0 Å². The number of aryl methyl sites for hydroxylation is 1. The minimum absolute atomic E-state index is 0.783. The van der Waals surface area contributed by atoms with Crippen molar-refractivity contribution in [1.29, 1.82) is 0 Å². The van der Waals surface area contributed by atoms with Gasteiger partial charge >= 0.3 is 0 Å². The molecule has 1 atom stereocenters. The zero-order chi connectivity index (χ0) is 23.8. The topological polar surface area (TPSA) is 0 Å². The van der Waals surface area contributed by atoms with Crippen LogP contribution in [0.25, 0.3) is 5.57 Å². The fourth-order valence-electron chi connectivity index (χ4n) is 6.29. The lowest BCUT2D eigenvalue weighted by atomic mass is 9.72. The number of hydrogen-bond donors (Lipinski definition) is 0. The van der Waals surface area contributed by atoms with E-state index in [1.54, 1.807) is 0 Å². The highest BCUT2D eigenvalue weighted by Gasteiger charge is 2.26. The summed E-state index contributed by atoms with van der Waals surface area (Å²) in [4.78, 5) is 0. The Morgan fingerprint density at radius 2 is 1.29 bits per heavy atom. The first kappa shape index (κ1) is 27.3. The fraction of sp³-hybridized carbons (Fsp3) is 0.706. The van der Waals surface area contributed by atoms with Crippen molar-refractivity contribution in [2.24, 2.45) is 17.8 Å². The van der Waals surface area contributed by atoms with Crippen LogP contribution in [0.2, 0.25) is 0 Å². The first-order chi connectivity index (χ1) is 16.8. The van der Waals surface area contributed by atoms with Crippen LogP contribution >= 0.6 is 0 Å². The van der Waals surface area contributed by atoms with E-state index in [4.69, 9.17) is 0 Å². The predicted molar refractivity (Wildman–Crippen MR) is 152 cm³/mol. The smallest absolute Gasteiger partial charge is 0.0167 e. The average Bonchev–Trinajstić information content (AvgIpc) is 2.89. The second-order valence-corrected chi connectivity index (χ2v) is 11.5. The molecule has 2 aliphatic carbocycles. The Balaban J connectivity index is 1.32. The van der Waals surface area contributed by atoms with Crippen LogP contribution in [0.1, 0.15) is 141 Å². The molecule has 0 nitrogen and oxygen atoms in total. The quantitative estimate of drug-likeness (QED) is 0.214. The van der Waals surface area contributed by atoms with Gasteiger partial charge in [-0.1, -0.05) is 146 Å². The molecule has 34 heavy (non-hydrogen) atoms. The molecule has 0 radical (unpaired) electrons. The van der Waals surface area contributed by atoms with Crippen LogP contribution < -0.4 is 0 Å². The monoisotopic (exact) mass is 462 g/mol. The predicted octanol–water partition coefficient (Wildman–Crippen LogP) is 11.1. The lowest BCUT2D eigenvalue weighted by molar-refractivity contribution is 0.218. The van der Waals surface area contributed by atoms with Crippen molar-refractivity contribution in [3.63, 3.8) is 0 Å². The van der Waals surface area contributed by atoms with Gasteiger partial charge in [-0.2, -0.15) is 0 Å². The number of benzene rings is 1. The summed E-state index contributed by atoms with van der Waals surface area (Å²) in [6, 6.07) is 9.47. The number of allylic oxidation sites excluding steroid dienone is 4. The lowest BCUT2D eigenvalue weighted by Gasteiger charge is -2.33. The third kappa shape index (κ3) is 9.75. The Labute approximate surface area is 212 Å². The van der Waals surface area contributed by atoms with Gasteiger partial charge < -0.3 is 0 Å². The van der Waals surface area contributed by atoms with E-state index in [-0.39, 0.29) is 0 Å². The highest BCUT2D eigenvalue weighted by Crippen LogP contribution is 2.39. The highest BCUT2D eigenvalue weighted by molar-refractivity contribution is 5.75. The third-order valence-corrected chi connectivity index (χ3v) is 8.70. The van der Waals surface area contributed by atoms with Crippen molar-refractivity contribution >= 4 is 5.57 Å². The average molecular weight is 463 g/mol. The zero-order valence-electron chi connectivity index (χ0n) is 22.7. The van der Waals surface area contributed by atoms with Gasteiger partial charge in [0.1, 0.15) is 0 Å². The summed E-state index contributed by atoms with van der Waals surface area (Å²) in [6.07, 6.45) is 34.3. The summed E-state index contributed by atoms with van der Waals surface area (Å²) in [7, 11) is 0. The van der Waals surface area contributed by atoms with Gasteiger partial charge in [-0.05, 0) is 66.6 Å². The molecule has 0 aromatic heterocycles. The molecule has 0 bridgehead atoms. The molecule has 1 aromatic rings. The van der Waals surface area contributed by atoms with Crippen molar-refractivity contribution in [2.45, 2.75) is 136 Å². The molecule has 2 aliphatic rings. The van der Waals surface area contributed by atoms with E-state index in [0.29, 0.717) is 0 Å². The van der Waals surface area contributed by atoms with E-state index in [1.165, 1.54) is 139 Å². The highest BCUT2D eigenvalue weighted by atomic mass is 14.3. The van der Waals surface area contributed by atoms with Gasteiger partial charge in [0.15, 0.2) is 0 Å². The fourth-order valence-corrected chi connectivity index (χ4v) is 6.29. The minimum Gasteiger partial charge on any atom is -0.0802 e. The maximum absolute atomic E-state index is 2.55. The Bertz CT molecular complexity index is 698. The largest absolute Gasteiger partial charge is 0.0802 e. The Morgan fingerprint density at radius 1 is 0.676 bits per heavy atom. The van der Waals surface area contributed by atoms with Gasteiger partial charge in [0.2, 0.25) is 0 Å². The second-order valence-electron chi connectivity index (χ2n) is 11.5. The summed E-state index contributed by atoms with van der Waals surface area (Å²) in [5, 5.41) is 0. The van der Waals surface area contributed by atoms with E-state index < -0.39 is 0 Å². The second kappa shape index (κ2) is 16.4. The van der Waals surface area contributed by atoms with Gasteiger partial charge in [0, 0.05) is 0 Å². The van der Waals surface area contributed by atoms with Crippen molar-refractivity contribution in [3.05, 3.63) is 53.6 Å². The molecule has 0 heterocycles. The third-order valence-electron chi connectivity index (χ3n) is 8.70. The SMILES string of the molecule is CCCCCCCCCCc1ccc(C2=CCC(C3CCC(CCCCCC)CC3)C=C2)cc1. The molecule has 1 aromatic carbocycles. The maximum Gasteiger partial charge on any atom is -0.0167 e. The van der Waals surface area contributed by atoms with Gasteiger partial charge in [-0.15, -0.1) is 0 Å². The van der Waals surface area contributed by atoms with Crippen molar-refractivity contribution < 1.29 is 0 Å². The molecule has 3 rings (SSSR count).